The van der Waals surface area contributed by atoms with Crippen molar-refractivity contribution in [2.45, 2.75) is 0 Å². The van der Waals surface area contributed by atoms with Crippen LogP contribution in [0.4, 0.5) is 10.2 Å². The lowest BCUT2D eigenvalue weighted by atomic mass is 10.2. The van der Waals surface area contributed by atoms with Crippen molar-refractivity contribution in [2.24, 2.45) is 0 Å². The van der Waals surface area contributed by atoms with Crippen LogP contribution in [0.5, 0.6) is 0 Å². The number of aromatic carboxylic acids is 1. The normalized spacial score (nSPS) is 10.4. The van der Waals surface area contributed by atoms with E-state index in [2.05, 4.69) is 15.3 Å². The first-order valence-electron chi connectivity index (χ1n) is 6.21. The maximum Gasteiger partial charge on any atom is 0.341 e. The molecule has 0 atom stereocenters. The SMILES string of the molecule is COCCNc1nc(-c2ccc(F)cc2)ncc1C(=O)O. The Hall–Kier alpha value is -2.54. The highest BCUT2D eigenvalue weighted by Crippen LogP contribution is 2.19. The lowest BCUT2D eigenvalue weighted by Crippen LogP contribution is -2.14. The molecule has 0 spiro atoms. The predicted octanol–water partition coefficient (Wildman–Crippen LogP) is 2.04. The molecule has 0 saturated heterocycles. The van der Waals surface area contributed by atoms with Gasteiger partial charge in [-0.2, -0.15) is 0 Å². The Balaban J connectivity index is 2.33. The van der Waals surface area contributed by atoms with Gasteiger partial charge < -0.3 is 15.2 Å². The predicted molar refractivity (Wildman–Crippen MR) is 74.8 cm³/mol. The largest absolute Gasteiger partial charge is 0.477 e. The minimum Gasteiger partial charge on any atom is -0.477 e. The standard InChI is InChI=1S/C14H14FN3O3/c1-21-7-6-16-13-11(14(19)20)8-17-12(18-13)9-2-4-10(15)5-3-9/h2-5,8H,6-7H2,1H3,(H,19,20)(H,16,17,18). The van der Waals surface area contributed by atoms with Gasteiger partial charge in [-0.1, -0.05) is 0 Å². The fourth-order valence-corrected chi connectivity index (χ4v) is 1.68. The van der Waals surface area contributed by atoms with E-state index in [0.29, 0.717) is 24.5 Å². The summed E-state index contributed by atoms with van der Waals surface area (Å²) in [5.74, 6) is -0.964. The summed E-state index contributed by atoms with van der Waals surface area (Å²) in [6.07, 6.45) is 1.23. The molecule has 2 aromatic rings. The first kappa shape index (κ1) is 14.9. The van der Waals surface area contributed by atoms with E-state index in [4.69, 9.17) is 9.84 Å². The topological polar surface area (TPSA) is 84.3 Å². The molecular formula is C14H14FN3O3. The average Bonchev–Trinajstić information content (AvgIpc) is 2.48. The van der Waals surface area contributed by atoms with E-state index in [1.54, 1.807) is 7.11 Å². The third-order valence-electron chi connectivity index (χ3n) is 2.72. The zero-order valence-corrected chi connectivity index (χ0v) is 11.3. The molecule has 7 heteroatoms. The van der Waals surface area contributed by atoms with E-state index in [-0.39, 0.29) is 17.2 Å². The van der Waals surface area contributed by atoms with E-state index in [1.165, 1.54) is 30.5 Å². The second-order valence-corrected chi connectivity index (χ2v) is 4.19. The van der Waals surface area contributed by atoms with Crippen molar-refractivity contribution in [1.29, 1.82) is 0 Å². The van der Waals surface area contributed by atoms with Crippen LogP contribution in [0.1, 0.15) is 10.4 Å². The van der Waals surface area contributed by atoms with Gasteiger partial charge in [-0.25, -0.2) is 19.2 Å². The van der Waals surface area contributed by atoms with Crippen LogP contribution >= 0.6 is 0 Å². The summed E-state index contributed by atoms with van der Waals surface area (Å²) in [4.78, 5) is 19.3. The van der Waals surface area contributed by atoms with Gasteiger partial charge in [-0.05, 0) is 24.3 Å². The van der Waals surface area contributed by atoms with Crippen molar-refractivity contribution in [1.82, 2.24) is 9.97 Å². The zero-order valence-electron chi connectivity index (χ0n) is 11.3. The number of carboxylic acids is 1. The minimum absolute atomic E-state index is 0.0306. The number of hydrogen-bond acceptors (Lipinski definition) is 5. The summed E-state index contributed by atoms with van der Waals surface area (Å²) < 4.78 is 17.8. The number of anilines is 1. The molecule has 0 saturated carbocycles. The number of nitrogens with zero attached hydrogens (tertiary/aromatic N) is 2. The molecule has 0 aliphatic carbocycles. The highest BCUT2D eigenvalue weighted by molar-refractivity contribution is 5.93. The van der Waals surface area contributed by atoms with E-state index in [1.807, 2.05) is 0 Å². The summed E-state index contributed by atoms with van der Waals surface area (Å²) in [5.41, 5.74) is 0.570. The molecule has 2 rings (SSSR count). The first-order valence-corrected chi connectivity index (χ1v) is 6.21. The van der Waals surface area contributed by atoms with Gasteiger partial charge in [0.1, 0.15) is 17.2 Å². The van der Waals surface area contributed by atoms with Gasteiger partial charge in [0.05, 0.1) is 6.61 Å². The fourth-order valence-electron chi connectivity index (χ4n) is 1.68. The molecule has 0 aliphatic rings. The van der Waals surface area contributed by atoms with Gasteiger partial charge in [0.2, 0.25) is 0 Å². The maximum atomic E-state index is 12.9. The quantitative estimate of drug-likeness (QED) is 0.792. The average molecular weight is 291 g/mol. The molecule has 1 aromatic carbocycles. The molecule has 6 nitrogen and oxygen atoms in total. The summed E-state index contributed by atoms with van der Waals surface area (Å²) in [6, 6.07) is 5.65. The molecule has 2 N–H and O–H groups in total. The smallest absolute Gasteiger partial charge is 0.341 e. The van der Waals surface area contributed by atoms with Crippen LogP contribution in [0.25, 0.3) is 11.4 Å². The summed E-state index contributed by atoms with van der Waals surface area (Å²) in [7, 11) is 1.55. The lowest BCUT2D eigenvalue weighted by molar-refractivity contribution is 0.0697. The zero-order chi connectivity index (χ0) is 15.2. The molecule has 1 heterocycles. The van der Waals surface area contributed by atoms with Gasteiger partial charge in [0.15, 0.2) is 5.82 Å². The van der Waals surface area contributed by atoms with Gasteiger partial charge in [-0.15, -0.1) is 0 Å². The van der Waals surface area contributed by atoms with Crippen molar-refractivity contribution in [3.8, 4) is 11.4 Å². The molecule has 0 amide bonds. The third kappa shape index (κ3) is 3.73. The van der Waals surface area contributed by atoms with E-state index in [9.17, 15) is 9.18 Å². The molecule has 0 radical (unpaired) electrons. The van der Waals surface area contributed by atoms with Crippen LogP contribution in [0.15, 0.2) is 30.5 Å². The summed E-state index contributed by atoms with van der Waals surface area (Å²) in [5, 5.41) is 12.0. The number of carboxylic acid groups (broad SMARTS) is 1. The number of benzene rings is 1. The molecule has 21 heavy (non-hydrogen) atoms. The number of rotatable bonds is 6. The van der Waals surface area contributed by atoms with Crippen LogP contribution < -0.4 is 5.32 Å². The van der Waals surface area contributed by atoms with Crippen LogP contribution in [0.3, 0.4) is 0 Å². The Morgan fingerprint density at radius 3 is 2.71 bits per heavy atom. The molecule has 0 aliphatic heterocycles. The van der Waals surface area contributed by atoms with Gasteiger partial charge in [-0.3, -0.25) is 0 Å². The van der Waals surface area contributed by atoms with Crippen LogP contribution in [-0.4, -0.2) is 41.3 Å². The first-order chi connectivity index (χ1) is 10.1. The van der Waals surface area contributed by atoms with E-state index in [0.717, 1.165) is 0 Å². The van der Waals surface area contributed by atoms with Crippen molar-refractivity contribution in [2.75, 3.05) is 25.6 Å². The van der Waals surface area contributed by atoms with Crippen LogP contribution in [-0.2, 0) is 4.74 Å². The molecule has 1 aromatic heterocycles. The second-order valence-electron chi connectivity index (χ2n) is 4.19. The van der Waals surface area contributed by atoms with Gasteiger partial charge in [0.25, 0.3) is 0 Å². The summed E-state index contributed by atoms with van der Waals surface area (Å²) >= 11 is 0. The Kier molecular flexibility index (Phi) is 4.78. The van der Waals surface area contributed by atoms with Crippen LogP contribution in [0, 0.1) is 5.82 Å². The van der Waals surface area contributed by atoms with Crippen molar-refractivity contribution < 1.29 is 19.0 Å². The highest BCUT2D eigenvalue weighted by Gasteiger charge is 2.14. The minimum atomic E-state index is -1.12. The number of halogens is 1. The monoisotopic (exact) mass is 291 g/mol. The fraction of sp³-hybridized carbons (Fsp3) is 0.214. The third-order valence-corrected chi connectivity index (χ3v) is 2.72. The Morgan fingerprint density at radius 2 is 2.10 bits per heavy atom. The Labute approximate surface area is 120 Å². The lowest BCUT2D eigenvalue weighted by Gasteiger charge is -2.09. The number of aromatic nitrogens is 2. The molecule has 0 unspecified atom stereocenters. The summed E-state index contributed by atoms with van der Waals surface area (Å²) in [6.45, 7) is 0.825. The van der Waals surface area contributed by atoms with Gasteiger partial charge >= 0.3 is 5.97 Å². The van der Waals surface area contributed by atoms with Gasteiger partial charge in [0, 0.05) is 25.4 Å². The second kappa shape index (κ2) is 6.76. The Bertz CT molecular complexity index is 632. The number of ether oxygens (including phenoxy) is 1. The van der Waals surface area contributed by atoms with Crippen molar-refractivity contribution in [3.63, 3.8) is 0 Å². The molecular weight excluding hydrogens is 277 g/mol. The maximum absolute atomic E-state index is 12.9. The Morgan fingerprint density at radius 1 is 1.38 bits per heavy atom. The number of hydrogen-bond donors (Lipinski definition) is 2. The molecule has 0 bridgehead atoms. The van der Waals surface area contributed by atoms with Crippen LogP contribution in [0.2, 0.25) is 0 Å². The van der Waals surface area contributed by atoms with Crippen molar-refractivity contribution >= 4 is 11.8 Å². The number of nitrogens with one attached hydrogen (secondary N) is 1. The van der Waals surface area contributed by atoms with E-state index < -0.39 is 5.97 Å². The highest BCUT2D eigenvalue weighted by atomic mass is 19.1. The van der Waals surface area contributed by atoms with E-state index >= 15 is 0 Å². The molecule has 0 fully saturated rings. The molecule has 110 valence electrons. The number of carbonyl (C=O) groups is 1. The number of methoxy groups -OCH3 is 1. The van der Waals surface area contributed by atoms with Crippen molar-refractivity contribution in [3.05, 3.63) is 41.8 Å².